The molecule has 0 aromatic heterocycles. The van der Waals surface area contributed by atoms with Gasteiger partial charge in [-0.2, -0.15) is 0 Å². The van der Waals surface area contributed by atoms with E-state index in [1.54, 1.807) is 0 Å². The quantitative estimate of drug-likeness (QED) is 0.762. The Hall–Kier alpha value is -1.02. The summed E-state index contributed by atoms with van der Waals surface area (Å²) in [6, 6.07) is 8.36. The van der Waals surface area contributed by atoms with E-state index in [9.17, 15) is 0 Å². The van der Waals surface area contributed by atoms with Gasteiger partial charge >= 0.3 is 0 Å². The highest BCUT2D eigenvalue weighted by atomic mass is 16.5. The molecule has 102 valence electrons. The van der Waals surface area contributed by atoms with Crippen LogP contribution in [0.3, 0.4) is 0 Å². The van der Waals surface area contributed by atoms with E-state index in [1.807, 2.05) is 6.07 Å². The summed E-state index contributed by atoms with van der Waals surface area (Å²) in [6.07, 6.45) is 0. The highest BCUT2D eigenvalue weighted by molar-refractivity contribution is 5.38. The van der Waals surface area contributed by atoms with Gasteiger partial charge in [0, 0.05) is 6.54 Å². The molecular weight excluding hydrogens is 222 g/mol. The van der Waals surface area contributed by atoms with Crippen molar-refractivity contribution in [2.75, 3.05) is 26.2 Å². The zero-order valence-corrected chi connectivity index (χ0v) is 12.5. The zero-order chi connectivity index (χ0) is 13.6. The molecule has 0 aliphatic carbocycles. The first-order valence-corrected chi connectivity index (χ1v) is 6.93. The van der Waals surface area contributed by atoms with Gasteiger partial charge in [0.25, 0.3) is 0 Å². The number of rotatable bonds is 6. The molecule has 0 aliphatic rings. The number of para-hydroxylation sites is 1. The highest BCUT2D eigenvalue weighted by Crippen LogP contribution is 2.30. The van der Waals surface area contributed by atoms with E-state index in [4.69, 9.17) is 4.74 Å². The van der Waals surface area contributed by atoms with Crippen LogP contribution in [0.4, 0.5) is 0 Å². The Morgan fingerprint density at radius 2 is 1.67 bits per heavy atom. The van der Waals surface area contributed by atoms with Crippen LogP contribution in [0, 0.1) is 0 Å². The van der Waals surface area contributed by atoms with Gasteiger partial charge < -0.3 is 9.64 Å². The maximum Gasteiger partial charge on any atom is 0.123 e. The molecule has 0 atom stereocenters. The van der Waals surface area contributed by atoms with Crippen molar-refractivity contribution in [1.29, 1.82) is 0 Å². The molecule has 0 unspecified atom stereocenters. The first-order chi connectivity index (χ1) is 8.49. The van der Waals surface area contributed by atoms with E-state index in [1.165, 1.54) is 5.56 Å². The number of hydrogen-bond acceptors (Lipinski definition) is 2. The second-order valence-electron chi connectivity index (χ2n) is 5.62. The molecule has 0 aliphatic heterocycles. The summed E-state index contributed by atoms with van der Waals surface area (Å²) >= 11 is 0. The highest BCUT2D eigenvalue weighted by Gasteiger charge is 2.18. The predicted molar refractivity (Wildman–Crippen MR) is 78.4 cm³/mol. The van der Waals surface area contributed by atoms with Gasteiger partial charge in [-0.25, -0.2) is 0 Å². The molecule has 1 aromatic carbocycles. The fourth-order valence-corrected chi connectivity index (χ4v) is 2.04. The molecule has 0 radical (unpaired) electrons. The summed E-state index contributed by atoms with van der Waals surface area (Å²) in [5.41, 5.74) is 1.41. The van der Waals surface area contributed by atoms with Crippen molar-refractivity contribution < 1.29 is 4.74 Å². The van der Waals surface area contributed by atoms with E-state index in [0.29, 0.717) is 0 Å². The Labute approximate surface area is 112 Å². The Morgan fingerprint density at radius 1 is 1.06 bits per heavy atom. The fourth-order valence-electron chi connectivity index (χ4n) is 2.04. The zero-order valence-electron chi connectivity index (χ0n) is 12.5. The molecule has 2 nitrogen and oxygen atoms in total. The van der Waals surface area contributed by atoms with Gasteiger partial charge in [0.1, 0.15) is 12.4 Å². The minimum atomic E-state index is 0.131. The number of likely N-dealkylation sites (N-methyl/N-ethyl adjacent to an activating group) is 1. The molecule has 0 heterocycles. The third-order valence-corrected chi connectivity index (χ3v) is 3.25. The van der Waals surface area contributed by atoms with Crippen molar-refractivity contribution >= 4 is 0 Å². The summed E-state index contributed by atoms with van der Waals surface area (Å²) < 4.78 is 5.96. The van der Waals surface area contributed by atoms with Crippen molar-refractivity contribution in [1.82, 2.24) is 4.90 Å². The van der Waals surface area contributed by atoms with Crippen molar-refractivity contribution in [2.24, 2.45) is 0 Å². The summed E-state index contributed by atoms with van der Waals surface area (Å²) in [5.74, 6) is 1.03. The van der Waals surface area contributed by atoms with E-state index >= 15 is 0 Å². The largest absolute Gasteiger partial charge is 0.492 e. The molecule has 0 amide bonds. The Balaban J connectivity index is 2.62. The summed E-state index contributed by atoms with van der Waals surface area (Å²) in [4.78, 5) is 2.37. The van der Waals surface area contributed by atoms with E-state index in [-0.39, 0.29) is 5.41 Å². The number of hydrogen-bond donors (Lipinski definition) is 0. The van der Waals surface area contributed by atoms with Crippen LogP contribution in [-0.2, 0) is 5.41 Å². The molecule has 0 spiro atoms. The van der Waals surface area contributed by atoms with Crippen molar-refractivity contribution in [3.8, 4) is 5.75 Å². The van der Waals surface area contributed by atoms with E-state index < -0.39 is 0 Å². The van der Waals surface area contributed by atoms with Crippen molar-refractivity contribution in [2.45, 2.75) is 40.0 Å². The van der Waals surface area contributed by atoms with Gasteiger partial charge in [-0.15, -0.1) is 0 Å². The Morgan fingerprint density at radius 3 is 2.22 bits per heavy atom. The molecule has 0 saturated heterocycles. The van der Waals surface area contributed by atoms with Crippen LogP contribution in [-0.4, -0.2) is 31.1 Å². The minimum Gasteiger partial charge on any atom is -0.492 e. The number of benzene rings is 1. The SMILES string of the molecule is CCN(CC)CCOc1ccccc1C(C)(C)C. The lowest BCUT2D eigenvalue weighted by Gasteiger charge is -2.24. The van der Waals surface area contributed by atoms with Gasteiger partial charge in [0.05, 0.1) is 0 Å². The molecular formula is C16H27NO. The third kappa shape index (κ3) is 4.34. The molecule has 2 heteroatoms. The second-order valence-corrected chi connectivity index (χ2v) is 5.62. The molecule has 1 aromatic rings. The normalized spacial score (nSPS) is 11.9. The van der Waals surface area contributed by atoms with Crippen LogP contribution >= 0.6 is 0 Å². The van der Waals surface area contributed by atoms with Gasteiger partial charge in [-0.05, 0) is 30.1 Å². The van der Waals surface area contributed by atoms with Crippen molar-refractivity contribution in [3.05, 3.63) is 29.8 Å². The number of ether oxygens (including phenoxy) is 1. The van der Waals surface area contributed by atoms with Crippen LogP contribution in [0.25, 0.3) is 0 Å². The monoisotopic (exact) mass is 249 g/mol. The fraction of sp³-hybridized carbons (Fsp3) is 0.625. The molecule has 0 saturated carbocycles. The lowest BCUT2D eigenvalue weighted by atomic mass is 9.86. The summed E-state index contributed by atoms with van der Waals surface area (Å²) in [5, 5.41) is 0. The maximum atomic E-state index is 5.96. The maximum absolute atomic E-state index is 5.96. The van der Waals surface area contributed by atoms with Crippen LogP contribution in [0.1, 0.15) is 40.2 Å². The van der Waals surface area contributed by atoms with E-state index in [2.05, 4.69) is 57.7 Å². The smallest absolute Gasteiger partial charge is 0.123 e. The first-order valence-electron chi connectivity index (χ1n) is 6.93. The molecule has 0 fully saturated rings. The van der Waals surface area contributed by atoms with Crippen molar-refractivity contribution in [3.63, 3.8) is 0 Å². The average molecular weight is 249 g/mol. The van der Waals surface area contributed by atoms with Crippen LogP contribution < -0.4 is 4.74 Å². The van der Waals surface area contributed by atoms with Gasteiger partial charge in [-0.1, -0.05) is 52.8 Å². The van der Waals surface area contributed by atoms with Gasteiger partial charge in [-0.3, -0.25) is 0 Å². The van der Waals surface area contributed by atoms with Gasteiger partial charge in [0.2, 0.25) is 0 Å². The Bertz CT molecular complexity index is 350. The van der Waals surface area contributed by atoms with Gasteiger partial charge in [0.15, 0.2) is 0 Å². The molecule has 0 bridgehead atoms. The van der Waals surface area contributed by atoms with E-state index in [0.717, 1.165) is 32.0 Å². The minimum absolute atomic E-state index is 0.131. The van der Waals surface area contributed by atoms with Crippen LogP contribution in [0.5, 0.6) is 5.75 Å². The topological polar surface area (TPSA) is 12.5 Å². The summed E-state index contributed by atoms with van der Waals surface area (Å²) in [6.45, 7) is 15.0. The third-order valence-electron chi connectivity index (χ3n) is 3.25. The molecule has 1 rings (SSSR count). The van der Waals surface area contributed by atoms with Crippen LogP contribution in [0.15, 0.2) is 24.3 Å². The lowest BCUT2D eigenvalue weighted by molar-refractivity contribution is 0.220. The van der Waals surface area contributed by atoms with Crippen LogP contribution in [0.2, 0.25) is 0 Å². The average Bonchev–Trinajstić information content (AvgIpc) is 2.34. The Kier molecular flexibility index (Phi) is 5.67. The standard InChI is InChI=1S/C16H27NO/c1-6-17(7-2)12-13-18-15-11-9-8-10-14(15)16(3,4)5/h8-11H,6-7,12-13H2,1-5H3. The lowest BCUT2D eigenvalue weighted by Crippen LogP contribution is -2.28. The molecule has 0 N–H and O–H groups in total. The first kappa shape index (κ1) is 15.0. The summed E-state index contributed by atoms with van der Waals surface area (Å²) in [7, 11) is 0. The molecule has 18 heavy (non-hydrogen) atoms. The predicted octanol–water partition coefficient (Wildman–Crippen LogP) is 3.70. The number of nitrogens with zero attached hydrogens (tertiary/aromatic N) is 1. The second kappa shape index (κ2) is 6.79.